The maximum Gasteiger partial charge on any atom is 0.341 e. The molecular formula is C27H25F3O4. The summed E-state index contributed by atoms with van der Waals surface area (Å²) in [5, 5.41) is 0. The van der Waals surface area contributed by atoms with Gasteiger partial charge >= 0.3 is 5.97 Å². The summed E-state index contributed by atoms with van der Waals surface area (Å²) in [4.78, 5) is 12.6. The zero-order valence-corrected chi connectivity index (χ0v) is 18.9. The van der Waals surface area contributed by atoms with Gasteiger partial charge < -0.3 is 14.2 Å². The number of esters is 1. The van der Waals surface area contributed by atoms with Crippen molar-refractivity contribution in [2.75, 3.05) is 14.2 Å². The average molecular weight is 470 g/mol. The number of hydrogen-bond acceptors (Lipinski definition) is 4. The first kappa shape index (κ1) is 23.7. The Kier molecular flexibility index (Phi) is 7.10. The molecule has 0 aromatic heterocycles. The SMILES string of the molecule is COc1ccc(-c2ccc(C(=O)OC3CCC(c4ccc(OC)c(F)c4)CC3)c(F)c2F)cc1. The number of rotatable bonds is 6. The topological polar surface area (TPSA) is 44.8 Å². The summed E-state index contributed by atoms with van der Waals surface area (Å²) in [6.45, 7) is 0. The summed E-state index contributed by atoms with van der Waals surface area (Å²) in [6.07, 6.45) is 2.08. The molecule has 178 valence electrons. The molecule has 4 rings (SSSR count). The maximum absolute atomic E-state index is 14.7. The third-order valence-corrected chi connectivity index (χ3v) is 6.30. The molecular weight excluding hydrogens is 445 g/mol. The zero-order chi connectivity index (χ0) is 24.2. The first-order valence-corrected chi connectivity index (χ1v) is 11.1. The van der Waals surface area contributed by atoms with Gasteiger partial charge in [-0.1, -0.05) is 24.3 Å². The molecule has 1 saturated carbocycles. The standard InChI is InChI=1S/C27H25F3O4/c1-32-19-8-5-17(6-9-19)21-12-13-22(26(30)25(21)29)27(31)34-20-10-3-16(4-11-20)18-7-14-24(33-2)23(28)15-18/h5-9,12-16,20H,3-4,10-11H2,1-2H3. The molecule has 7 heteroatoms. The molecule has 0 aliphatic heterocycles. The van der Waals surface area contributed by atoms with Crippen molar-refractivity contribution in [1.82, 2.24) is 0 Å². The van der Waals surface area contributed by atoms with Gasteiger partial charge in [0.15, 0.2) is 23.2 Å². The summed E-state index contributed by atoms with van der Waals surface area (Å²) < 4.78 is 59.0. The van der Waals surface area contributed by atoms with E-state index in [2.05, 4.69) is 0 Å². The molecule has 0 saturated heterocycles. The molecule has 3 aromatic carbocycles. The fourth-order valence-corrected chi connectivity index (χ4v) is 4.37. The molecule has 4 nitrogen and oxygen atoms in total. The van der Waals surface area contributed by atoms with E-state index >= 15 is 0 Å². The molecule has 1 aliphatic carbocycles. The van der Waals surface area contributed by atoms with Crippen LogP contribution in [0.3, 0.4) is 0 Å². The second-order valence-corrected chi connectivity index (χ2v) is 8.29. The molecule has 3 aromatic rings. The van der Waals surface area contributed by atoms with Crippen molar-refractivity contribution in [3.63, 3.8) is 0 Å². The summed E-state index contributed by atoms with van der Waals surface area (Å²) >= 11 is 0. The molecule has 1 aliphatic rings. The normalized spacial score (nSPS) is 17.8. The predicted molar refractivity (Wildman–Crippen MR) is 122 cm³/mol. The number of methoxy groups -OCH3 is 2. The highest BCUT2D eigenvalue weighted by Crippen LogP contribution is 2.36. The smallest absolute Gasteiger partial charge is 0.341 e. The van der Waals surface area contributed by atoms with E-state index in [0.29, 0.717) is 37.0 Å². The lowest BCUT2D eigenvalue weighted by Gasteiger charge is -2.28. The Labute approximate surface area is 196 Å². The monoisotopic (exact) mass is 470 g/mol. The molecule has 0 amide bonds. The number of carbonyl (C=O) groups is 1. The van der Waals surface area contributed by atoms with Crippen LogP contribution in [0.2, 0.25) is 0 Å². The maximum atomic E-state index is 14.7. The Hall–Kier alpha value is -3.48. The van der Waals surface area contributed by atoms with Gasteiger partial charge in [0.25, 0.3) is 0 Å². The van der Waals surface area contributed by atoms with Crippen molar-refractivity contribution < 1.29 is 32.2 Å². The van der Waals surface area contributed by atoms with Crippen molar-refractivity contribution in [2.45, 2.75) is 37.7 Å². The van der Waals surface area contributed by atoms with Gasteiger partial charge in [-0.05, 0) is 73.1 Å². The number of carbonyl (C=O) groups excluding carboxylic acids is 1. The van der Waals surface area contributed by atoms with E-state index in [9.17, 15) is 18.0 Å². The minimum Gasteiger partial charge on any atom is -0.497 e. The van der Waals surface area contributed by atoms with Gasteiger partial charge in [0, 0.05) is 5.56 Å². The Morgan fingerprint density at radius 2 is 1.53 bits per heavy atom. The molecule has 0 N–H and O–H groups in total. The molecule has 0 atom stereocenters. The summed E-state index contributed by atoms with van der Waals surface area (Å²) in [6, 6.07) is 14.0. The lowest BCUT2D eigenvalue weighted by atomic mass is 9.82. The molecule has 0 bridgehead atoms. The third kappa shape index (κ3) is 4.88. The fraction of sp³-hybridized carbons (Fsp3) is 0.296. The van der Waals surface area contributed by atoms with E-state index in [4.69, 9.17) is 14.2 Å². The third-order valence-electron chi connectivity index (χ3n) is 6.30. The van der Waals surface area contributed by atoms with Gasteiger partial charge in [-0.15, -0.1) is 0 Å². The molecule has 0 spiro atoms. The fourth-order valence-electron chi connectivity index (χ4n) is 4.37. The first-order chi connectivity index (χ1) is 16.4. The van der Waals surface area contributed by atoms with Crippen LogP contribution in [0.15, 0.2) is 54.6 Å². The van der Waals surface area contributed by atoms with E-state index < -0.39 is 35.1 Å². The highest BCUT2D eigenvalue weighted by atomic mass is 19.2. The number of halogens is 3. The van der Waals surface area contributed by atoms with Crippen LogP contribution in [0.5, 0.6) is 11.5 Å². The lowest BCUT2D eigenvalue weighted by molar-refractivity contribution is 0.0189. The molecule has 0 unspecified atom stereocenters. The van der Waals surface area contributed by atoms with Gasteiger partial charge in [0.05, 0.1) is 19.8 Å². The zero-order valence-electron chi connectivity index (χ0n) is 18.9. The van der Waals surface area contributed by atoms with Crippen LogP contribution in [-0.4, -0.2) is 26.3 Å². The molecule has 0 heterocycles. The lowest BCUT2D eigenvalue weighted by Crippen LogP contribution is -2.24. The van der Waals surface area contributed by atoms with Crippen LogP contribution in [0.1, 0.15) is 47.5 Å². The van der Waals surface area contributed by atoms with Crippen LogP contribution < -0.4 is 9.47 Å². The second-order valence-electron chi connectivity index (χ2n) is 8.29. The van der Waals surface area contributed by atoms with Crippen LogP contribution in [0.25, 0.3) is 11.1 Å². The number of hydrogen-bond donors (Lipinski definition) is 0. The Balaban J connectivity index is 1.40. The van der Waals surface area contributed by atoms with Crippen molar-refractivity contribution in [3.05, 3.63) is 83.2 Å². The van der Waals surface area contributed by atoms with E-state index in [-0.39, 0.29) is 17.2 Å². The minimum absolute atomic E-state index is 0.0453. The van der Waals surface area contributed by atoms with Gasteiger partial charge in [-0.2, -0.15) is 0 Å². The van der Waals surface area contributed by atoms with Crippen LogP contribution >= 0.6 is 0 Å². The summed E-state index contributed by atoms with van der Waals surface area (Å²) in [7, 11) is 2.93. The van der Waals surface area contributed by atoms with E-state index in [1.54, 1.807) is 30.3 Å². The Morgan fingerprint density at radius 1 is 0.824 bits per heavy atom. The average Bonchev–Trinajstić information content (AvgIpc) is 2.86. The van der Waals surface area contributed by atoms with Crippen molar-refractivity contribution in [2.24, 2.45) is 0 Å². The minimum atomic E-state index is -1.24. The van der Waals surface area contributed by atoms with E-state index in [1.165, 1.54) is 32.4 Å². The van der Waals surface area contributed by atoms with E-state index in [0.717, 1.165) is 5.56 Å². The predicted octanol–water partition coefficient (Wildman–Crippen LogP) is 6.67. The highest BCUT2D eigenvalue weighted by Gasteiger charge is 2.28. The van der Waals surface area contributed by atoms with Gasteiger partial charge in [0.1, 0.15) is 11.9 Å². The van der Waals surface area contributed by atoms with Crippen LogP contribution in [-0.2, 0) is 4.74 Å². The van der Waals surface area contributed by atoms with Crippen LogP contribution in [0, 0.1) is 17.5 Å². The van der Waals surface area contributed by atoms with Crippen molar-refractivity contribution in [3.8, 4) is 22.6 Å². The summed E-state index contributed by atoms with van der Waals surface area (Å²) in [5.41, 5.74) is 0.939. The van der Waals surface area contributed by atoms with Gasteiger partial charge in [-0.3, -0.25) is 0 Å². The van der Waals surface area contributed by atoms with Gasteiger partial charge in [-0.25, -0.2) is 18.0 Å². The highest BCUT2D eigenvalue weighted by molar-refractivity contribution is 5.90. The van der Waals surface area contributed by atoms with Gasteiger partial charge in [0.2, 0.25) is 0 Å². The number of benzene rings is 3. The Morgan fingerprint density at radius 3 is 2.15 bits per heavy atom. The van der Waals surface area contributed by atoms with E-state index in [1.807, 2.05) is 6.07 Å². The summed E-state index contributed by atoms with van der Waals surface area (Å²) in [5.74, 6) is -2.73. The Bertz CT molecular complexity index is 1170. The molecule has 0 radical (unpaired) electrons. The van der Waals surface area contributed by atoms with Crippen molar-refractivity contribution in [1.29, 1.82) is 0 Å². The molecule has 34 heavy (non-hydrogen) atoms. The number of ether oxygens (including phenoxy) is 3. The quantitative estimate of drug-likeness (QED) is 0.378. The van der Waals surface area contributed by atoms with Crippen LogP contribution in [0.4, 0.5) is 13.2 Å². The largest absolute Gasteiger partial charge is 0.497 e. The first-order valence-electron chi connectivity index (χ1n) is 11.1. The molecule has 1 fully saturated rings. The van der Waals surface area contributed by atoms with Crippen molar-refractivity contribution >= 4 is 5.97 Å². The second kappa shape index (κ2) is 10.2.